The number of nitrogens with one attached hydrogen (secondary N) is 1. The van der Waals surface area contributed by atoms with Crippen molar-refractivity contribution >= 4 is 21.6 Å². The van der Waals surface area contributed by atoms with Crippen molar-refractivity contribution in [2.24, 2.45) is 0 Å². The van der Waals surface area contributed by atoms with Gasteiger partial charge in [0.2, 0.25) is 0 Å². The molecule has 0 spiro atoms. The zero-order valence-electron chi connectivity index (χ0n) is 6.44. The first-order valence-corrected chi connectivity index (χ1v) is 4.33. The summed E-state index contributed by atoms with van der Waals surface area (Å²) in [5.41, 5.74) is 3.44. The molecule has 0 radical (unpaired) electrons. The van der Waals surface area contributed by atoms with Gasteiger partial charge in [0.15, 0.2) is 0 Å². The van der Waals surface area contributed by atoms with Crippen molar-refractivity contribution in [1.82, 2.24) is 9.66 Å². The molecule has 2 aromatic rings. The van der Waals surface area contributed by atoms with Crippen LogP contribution in [-0.4, -0.2) is 16.7 Å². The third kappa shape index (κ3) is 0.902. The lowest BCUT2D eigenvalue weighted by Crippen LogP contribution is -2.25. The molecule has 0 atom stereocenters. The Labute approximate surface area is 72.4 Å². The molecule has 0 aromatic carbocycles. The van der Waals surface area contributed by atoms with Gasteiger partial charge in [-0.1, -0.05) is 0 Å². The van der Waals surface area contributed by atoms with Crippen LogP contribution in [0.5, 0.6) is 0 Å². The predicted octanol–water partition coefficient (Wildman–Crippen LogP) is 0.631. The van der Waals surface area contributed by atoms with Gasteiger partial charge in [0.1, 0.15) is 11.0 Å². The number of rotatable bonds is 1. The second-order valence-corrected chi connectivity index (χ2v) is 3.19. The second kappa shape index (κ2) is 2.60. The lowest BCUT2D eigenvalue weighted by Gasteiger charge is -2.00. The average molecular weight is 181 g/mol. The molecule has 0 aliphatic heterocycles. The van der Waals surface area contributed by atoms with E-state index in [0.29, 0.717) is 4.70 Å². The van der Waals surface area contributed by atoms with Crippen molar-refractivity contribution in [2.45, 2.75) is 0 Å². The number of fused-ring (bicyclic) bond motifs is 1. The molecule has 0 saturated carbocycles. The predicted molar refractivity (Wildman–Crippen MR) is 49.2 cm³/mol. The molecule has 0 aliphatic carbocycles. The molecule has 0 bridgehead atoms. The Hall–Kier alpha value is -1.36. The minimum absolute atomic E-state index is 0.0440. The first-order valence-electron chi connectivity index (χ1n) is 3.45. The smallest absolute Gasteiger partial charge is 0.289 e. The fraction of sp³-hybridized carbons (Fsp3) is 0.143. The molecule has 4 nitrogen and oxygen atoms in total. The number of nitrogens with zero attached hydrogens (tertiary/aromatic N) is 2. The maximum absolute atomic E-state index is 11.5. The summed E-state index contributed by atoms with van der Waals surface area (Å²) >= 11 is 1.41. The minimum atomic E-state index is -0.0440. The van der Waals surface area contributed by atoms with E-state index in [1.807, 2.05) is 11.4 Å². The molecule has 2 aromatic heterocycles. The van der Waals surface area contributed by atoms with Crippen LogP contribution in [0, 0.1) is 0 Å². The van der Waals surface area contributed by atoms with Crippen LogP contribution in [0.2, 0.25) is 0 Å². The van der Waals surface area contributed by atoms with E-state index >= 15 is 0 Å². The van der Waals surface area contributed by atoms with E-state index in [1.165, 1.54) is 22.3 Å². The van der Waals surface area contributed by atoms with E-state index in [2.05, 4.69) is 10.4 Å². The van der Waals surface area contributed by atoms with Gasteiger partial charge in [-0.2, -0.15) is 0 Å². The number of thiophene rings is 1. The summed E-state index contributed by atoms with van der Waals surface area (Å²) < 4.78 is 2.05. The number of hydrogen-bond acceptors (Lipinski definition) is 4. The molecular formula is C7H7N3OS. The molecule has 12 heavy (non-hydrogen) atoms. The topological polar surface area (TPSA) is 46.9 Å². The largest absolute Gasteiger partial charge is 0.325 e. The van der Waals surface area contributed by atoms with Gasteiger partial charge in [-0.3, -0.25) is 4.79 Å². The van der Waals surface area contributed by atoms with E-state index < -0.39 is 0 Å². The summed E-state index contributed by atoms with van der Waals surface area (Å²) in [6, 6.07) is 1.83. The van der Waals surface area contributed by atoms with Gasteiger partial charge in [0.05, 0.1) is 5.52 Å². The minimum Gasteiger partial charge on any atom is -0.325 e. The fourth-order valence-electron chi connectivity index (χ4n) is 1.01. The van der Waals surface area contributed by atoms with Crippen molar-refractivity contribution in [3.8, 4) is 0 Å². The van der Waals surface area contributed by atoms with E-state index in [-0.39, 0.29) is 5.56 Å². The lowest BCUT2D eigenvalue weighted by atomic mass is 10.5. The number of hydrogen-bond donors (Lipinski definition) is 1. The highest BCUT2D eigenvalue weighted by Crippen LogP contribution is 2.12. The van der Waals surface area contributed by atoms with Gasteiger partial charge < -0.3 is 5.43 Å². The molecular weight excluding hydrogens is 174 g/mol. The van der Waals surface area contributed by atoms with Gasteiger partial charge in [0.25, 0.3) is 5.56 Å². The Morgan fingerprint density at radius 2 is 2.50 bits per heavy atom. The molecule has 0 fully saturated rings. The summed E-state index contributed by atoms with van der Waals surface area (Å²) in [4.78, 5) is 15.6. The first kappa shape index (κ1) is 7.30. The zero-order chi connectivity index (χ0) is 8.55. The van der Waals surface area contributed by atoms with E-state index in [1.54, 1.807) is 7.05 Å². The second-order valence-electron chi connectivity index (χ2n) is 2.28. The molecule has 0 aliphatic rings. The molecule has 0 unspecified atom stereocenters. The highest BCUT2D eigenvalue weighted by atomic mass is 32.1. The van der Waals surface area contributed by atoms with Crippen LogP contribution < -0.4 is 11.0 Å². The molecule has 1 N–H and O–H groups in total. The third-order valence-electron chi connectivity index (χ3n) is 1.61. The van der Waals surface area contributed by atoms with Crippen molar-refractivity contribution in [1.29, 1.82) is 0 Å². The Balaban J connectivity index is 2.88. The third-order valence-corrected chi connectivity index (χ3v) is 2.50. The first-order chi connectivity index (χ1) is 5.83. The van der Waals surface area contributed by atoms with Crippen molar-refractivity contribution in [3.63, 3.8) is 0 Å². The Morgan fingerprint density at radius 1 is 1.67 bits per heavy atom. The van der Waals surface area contributed by atoms with Gasteiger partial charge in [0, 0.05) is 7.05 Å². The quantitative estimate of drug-likeness (QED) is 0.702. The molecule has 2 rings (SSSR count). The zero-order valence-corrected chi connectivity index (χ0v) is 7.26. The molecule has 0 amide bonds. The average Bonchev–Trinajstić information content (AvgIpc) is 2.53. The molecule has 62 valence electrons. The van der Waals surface area contributed by atoms with Crippen LogP contribution in [0.3, 0.4) is 0 Å². The summed E-state index contributed by atoms with van der Waals surface area (Å²) in [7, 11) is 1.68. The van der Waals surface area contributed by atoms with E-state index in [0.717, 1.165) is 5.52 Å². The van der Waals surface area contributed by atoms with Gasteiger partial charge in [-0.05, 0) is 11.4 Å². The van der Waals surface area contributed by atoms with Crippen LogP contribution in [0.1, 0.15) is 0 Å². The van der Waals surface area contributed by atoms with Crippen LogP contribution >= 0.6 is 11.3 Å². The normalized spacial score (nSPS) is 10.4. The maximum Gasteiger partial charge on any atom is 0.289 e. The van der Waals surface area contributed by atoms with E-state index in [4.69, 9.17) is 0 Å². The van der Waals surface area contributed by atoms with Crippen molar-refractivity contribution in [2.75, 3.05) is 12.5 Å². The standard InChI is InChI=1S/C7H7N3OS/c1-8-10-4-9-5-2-3-12-6(5)7(10)11/h2-4,8H,1H3. The SMILES string of the molecule is CNn1cnc2ccsc2c1=O. The monoisotopic (exact) mass is 181 g/mol. The Bertz CT molecular complexity index is 459. The number of aromatic nitrogens is 2. The lowest BCUT2D eigenvalue weighted by molar-refractivity contribution is 0.857. The summed E-state index contributed by atoms with van der Waals surface area (Å²) in [6.07, 6.45) is 1.48. The highest BCUT2D eigenvalue weighted by molar-refractivity contribution is 7.17. The molecule has 5 heteroatoms. The van der Waals surface area contributed by atoms with Gasteiger partial charge >= 0.3 is 0 Å². The van der Waals surface area contributed by atoms with Crippen LogP contribution in [-0.2, 0) is 0 Å². The summed E-state index contributed by atoms with van der Waals surface area (Å²) in [5, 5.41) is 1.86. The molecule has 0 saturated heterocycles. The Kier molecular flexibility index (Phi) is 1.58. The van der Waals surface area contributed by atoms with Crippen LogP contribution in [0.25, 0.3) is 10.2 Å². The van der Waals surface area contributed by atoms with Crippen molar-refractivity contribution < 1.29 is 0 Å². The van der Waals surface area contributed by atoms with Crippen molar-refractivity contribution in [3.05, 3.63) is 28.1 Å². The molecule has 2 heterocycles. The summed E-state index contributed by atoms with van der Waals surface area (Å²) in [5.74, 6) is 0. The van der Waals surface area contributed by atoms with Crippen LogP contribution in [0.4, 0.5) is 0 Å². The highest BCUT2D eigenvalue weighted by Gasteiger charge is 2.02. The van der Waals surface area contributed by atoms with E-state index in [9.17, 15) is 4.79 Å². The fourth-order valence-corrected chi connectivity index (χ4v) is 1.78. The summed E-state index contributed by atoms with van der Waals surface area (Å²) in [6.45, 7) is 0. The van der Waals surface area contributed by atoms with Crippen LogP contribution in [0.15, 0.2) is 22.6 Å². The van der Waals surface area contributed by atoms with Gasteiger partial charge in [-0.25, -0.2) is 9.66 Å². The Morgan fingerprint density at radius 3 is 3.25 bits per heavy atom. The maximum atomic E-state index is 11.5. The van der Waals surface area contributed by atoms with Gasteiger partial charge in [-0.15, -0.1) is 11.3 Å².